The maximum Gasteiger partial charge on any atom is 0.234 e. The van der Waals surface area contributed by atoms with Crippen LogP contribution in [-0.4, -0.2) is 40.3 Å². The molecule has 0 saturated heterocycles. The highest BCUT2D eigenvalue weighted by Crippen LogP contribution is 2.33. The lowest BCUT2D eigenvalue weighted by molar-refractivity contribution is -0.120. The second-order valence-electron chi connectivity index (χ2n) is 7.77. The fraction of sp³-hybridized carbons (Fsp3) is 0.192. The van der Waals surface area contributed by atoms with Gasteiger partial charge in [-0.15, -0.1) is 10.2 Å². The second-order valence-corrected chi connectivity index (χ2v) is 9.08. The maximum absolute atomic E-state index is 13.2. The number of aromatic nitrogens is 3. The molecule has 3 aromatic carbocycles. The van der Waals surface area contributed by atoms with Gasteiger partial charge in [0.05, 0.1) is 25.5 Å². The van der Waals surface area contributed by atoms with Crippen molar-refractivity contribution in [1.82, 2.24) is 20.2 Å². The average Bonchev–Trinajstić information content (AvgIpc) is 3.27. The molecule has 1 heterocycles. The van der Waals surface area contributed by atoms with E-state index in [9.17, 15) is 4.79 Å². The van der Waals surface area contributed by atoms with E-state index in [1.165, 1.54) is 16.4 Å². The van der Waals surface area contributed by atoms with Gasteiger partial charge in [-0.25, -0.2) is 4.68 Å². The largest absolute Gasteiger partial charge is 0.493 e. The molecule has 4 aromatic rings. The van der Waals surface area contributed by atoms with E-state index in [2.05, 4.69) is 15.5 Å². The van der Waals surface area contributed by atoms with Crippen LogP contribution in [-0.2, 0) is 4.79 Å². The van der Waals surface area contributed by atoms with Crippen LogP contribution in [0.1, 0.15) is 24.1 Å². The van der Waals surface area contributed by atoms with Gasteiger partial charge in [-0.05, 0) is 36.2 Å². The zero-order chi connectivity index (χ0) is 24.8. The van der Waals surface area contributed by atoms with E-state index in [0.717, 1.165) is 16.7 Å². The molecule has 0 aliphatic heterocycles. The van der Waals surface area contributed by atoms with Gasteiger partial charge in [0, 0.05) is 5.56 Å². The molecule has 3 N–H and O–H groups in total. The summed E-state index contributed by atoms with van der Waals surface area (Å²) in [5, 5.41) is 11.6. The molecule has 1 atom stereocenters. The number of ether oxygens (including phenoxy) is 2. The number of nitrogens with two attached hydrogens (primary N) is 1. The van der Waals surface area contributed by atoms with Crippen LogP contribution in [0, 0.1) is 0 Å². The van der Waals surface area contributed by atoms with E-state index in [0.29, 0.717) is 22.5 Å². The topological polar surface area (TPSA) is 104 Å². The Labute approximate surface area is 208 Å². The molecular weight excluding hydrogens is 462 g/mol. The predicted octanol–water partition coefficient (Wildman–Crippen LogP) is 4.06. The van der Waals surface area contributed by atoms with E-state index in [1.807, 2.05) is 73.7 Å². The number of amides is 1. The minimum atomic E-state index is -0.463. The van der Waals surface area contributed by atoms with Crippen LogP contribution in [0.3, 0.4) is 0 Å². The van der Waals surface area contributed by atoms with Gasteiger partial charge in [-0.1, -0.05) is 72.4 Å². The minimum Gasteiger partial charge on any atom is -0.493 e. The number of nitrogens with zero attached hydrogens (tertiary/aromatic N) is 3. The molecule has 1 aromatic heterocycles. The standard InChI is InChI=1S/C26H27N5O3S/c1-17(25(32)28-23(18-10-6-4-7-11-18)19-12-8-5-9-13-19)35-26-30-29-24(31(26)27)20-14-15-21(33-2)22(16-20)34-3/h4-17,23H,27H2,1-3H3,(H,28,32). The number of hydrogen-bond donors (Lipinski definition) is 2. The van der Waals surface area contributed by atoms with Gasteiger partial charge in [0.2, 0.25) is 11.1 Å². The van der Waals surface area contributed by atoms with Crippen LogP contribution in [0.25, 0.3) is 11.4 Å². The molecule has 8 nitrogen and oxygen atoms in total. The van der Waals surface area contributed by atoms with Gasteiger partial charge < -0.3 is 20.6 Å². The van der Waals surface area contributed by atoms with Crippen molar-refractivity contribution in [2.75, 3.05) is 20.1 Å². The van der Waals surface area contributed by atoms with E-state index < -0.39 is 5.25 Å². The Balaban J connectivity index is 1.51. The Morgan fingerprint density at radius 3 is 2.09 bits per heavy atom. The monoisotopic (exact) mass is 489 g/mol. The van der Waals surface area contributed by atoms with Crippen molar-refractivity contribution in [2.45, 2.75) is 23.4 Å². The highest BCUT2D eigenvalue weighted by atomic mass is 32.2. The molecule has 0 fully saturated rings. The maximum atomic E-state index is 13.2. The molecule has 0 aliphatic rings. The first-order valence-corrected chi connectivity index (χ1v) is 11.9. The first kappa shape index (κ1) is 24.2. The zero-order valence-corrected chi connectivity index (χ0v) is 20.5. The summed E-state index contributed by atoms with van der Waals surface area (Å²) < 4.78 is 12.0. The second kappa shape index (κ2) is 11.0. The summed E-state index contributed by atoms with van der Waals surface area (Å²) in [7, 11) is 3.14. The number of methoxy groups -OCH3 is 2. The molecule has 0 radical (unpaired) electrons. The third-order valence-electron chi connectivity index (χ3n) is 5.51. The van der Waals surface area contributed by atoms with Gasteiger partial charge >= 0.3 is 0 Å². The molecule has 0 spiro atoms. The Morgan fingerprint density at radius 2 is 1.51 bits per heavy atom. The van der Waals surface area contributed by atoms with Gasteiger partial charge in [-0.3, -0.25) is 4.79 Å². The highest BCUT2D eigenvalue weighted by Gasteiger charge is 2.24. The Hall–Kier alpha value is -3.98. The smallest absolute Gasteiger partial charge is 0.234 e. The summed E-state index contributed by atoms with van der Waals surface area (Å²) in [5.74, 6) is 7.77. The first-order chi connectivity index (χ1) is 17.0. The van der Waals surface area contributed by atoms with Crippen molar-refractivity contribution >= 4 is 17.7 Å². The molecule has 0 bridgehead atoms. The average molecular weight is 490 g/mol. The molecule has 0 aliphatic carbocycles. The van der Waals surface area contributed by atoms with Crippen LogP contribution in [0.2, 0.25) is 0 Å². The summed E-state index contributed by atoms with van der Waals surface area (Å²) >= 11 is 1.24. The Bertz CT molecular complexity index is 1240. The van der Waals surface area contributed by atoms with Crippen LogP contribution < -0.4 is 20.6 Å². The molecule has 9 heteroatoms. The van der Waals surface area contributed by atoms with Gasteiger partial charge in [0.25, 0.3) is 0 Å². The van der Waals surface area contributed by atoms with E-state index in [1.54, 1.807) is 26.4 Å². The van der Waals surface area contributed by atoms with Crippen molar-refractivity contribution in [3.05, 3.63) is 90.0 Å². The molecule has 4 rings (SSSR count). The third-order valence-corrected chi connectivity index (χ3v) is 6.57. The summed E-state index contributed by atoms with van der Waals surface area (Å²) in [5.41, 5.74) is 2.72. The fourth-order valence-corrected chi connectivity index (χ4v) is 4.43. The van der Waals surface area contributed by atoms with Gasteiger partial charge in [0.15, 0.2) is 17.3 Å². The van der Waals surface area contributed by atoms with E-state index in [-0.39, 0.29) is 11.9 Å². The molecule has 1 amide bonds. The Kier molecular flexibility index (Phi) is 7.57. The minimum absolute atomic E-state index is 0.136. The predicted molar refractivity (Wildman–Crippen MR) is 137 cm³/mol. The van der Waals surface area contributed by atoms with Crippen molar-refractivity contribution in [3.63, 3.8) is 0 Å². The number of thioether (sulfide) groups is 1. The normalized spacial score (nSPS) is 11.8. The van der Waals surface area contributed by atoms with E-state index >= 15 is 0 Å². The van der Waals surface area contributed by atoms with Gasteiger partial charge in [-0.2, -0.15) is 0 Å². The summed E-state index contributed by atoms with van der Waals surface area (Å²) in [4.78, 5) is 13.2. The van der Waals surface area contributed by atoms with Gasteiger partial charge in [0.1, 0.15) is 0 Å². The van der Waals surface area contributed by atoms with Crippen molar-refractivity contribution in [2.24, 2.45) is 0 Å². The molecule has 180 valence electrons. The number of benzene rings is 3. The summed E-state index contributed by atoms with van der Waals surface area (Å²) in [6.45, 7) is 1.82. The lowest BCUT2D eigenvalue weighted by Crippen LogP contribution is -2.35. The highest BCUT2D eigenvalue weighted by molar-refractivity contribution is 8.00. The Morgan fingerprint density at radius 1 is 0.914 bits per heavy atom. The first-order valence-electron chi connectivity index (χ1n) is 11.0. The fourth-order valence-electron chi connectivity index (χ4n) is 3.65. The lowest BCUT2D eigenvalue weighted by atomic mass is 9.98. The number of carbonyl (C=O) groups excluding carboxylic acids is 1. The number of nitrogen functional groups attached to an aromatic ring is 1. The number of hydrogen-bond acceptors (Lipinski definition) is 7. The van der Waals surface area contributed by atoms with Crippen LogP contribution >= 0.6 is 11.8 Å². The number of carbonyl (C=O) groups is 1. The molecule has 35 heavy (non-hydrogen) atoms. The van der Waals surface area contributed by atoms with E-state index in [4.69, 9.17) is 15.3 Å². The SMILES string of the molecule is COc1ccc(-c2nnc(SC(C)C(=O)NC(c3ccccc3)c3ccccc3)n2N)cc1OC. The number of rotatable bonds is 9. The quantitative estimate of drug-likeness (QED) is 0.270. The number of nitrogens with one attached hydrogen (secondary N) is 1. The third kappa shape index (κ3) is 5.41. The zero-order valence-electron chi connectivity index (χ0n) is 19.7. The molecule has 0 saturated carbocycles. The van der Waals surface area contributed by atoms with Crippen LogP contribution in [0.4, 0.5) is 0 Å². The van der Waals surface area contributed by atoms with Crippen molar-refractivity contribution in [3.8, 4) is 22.9 Å². The van der Waals surface area contributed by atoms with Crippen molar-refractivity contribution in [1.29, 1.82) is 0 Å². The van der Waals surface area contributed by atoms with Crippen LogP contribution in [0.15, 0.2) is 84.0 Å². The summed E-state index contributed by atoms with van der Waals surface area (Å²) in [6.07, 6.45) is 0. The lowest BCUT2D eigenvalue weighted by Gasteiger charge is -2.22. The van der Waals surface area contributed by atoms with Crippen LogP contribution in [0.5, 0.6) is 11.5 Å². The van der Waals surface area contributed by atoms with Crippen molar-refractivity contribution < 1.29 is 14.3 Å². The molecular formula is C26H27N5O3S. The summed E-state index contributed by atoms with van der Waals surface area (Å²) in [6, 6.07) is 24.9. The molecule has 1 unspecified atom stereocenters.